The Morgan fingerprint density at radius 1 is 0.742 bits per heavy atom. The molecule has 164 valence electrons. The second kappa shape index (κ2) is 8.70. The first-order valence-corrected chi connectivity index (χ1v) is 12.8. The fourth-order valence-corrected chi connectivity index (χ4v) is 6.27. The van der Waals surface area contributed by atoms with Gasteiger partial charge in [-0.05, 0) is 68.3 Å². The first kappa shape index (κ1) is 23.4. The van der Waals surface area contributed by atoms with Gasteiger partial charge in [0.05, 0.1) is 25.5 Å². The van der Waals surface area contributed by atoms with E-state index in [1.165, 1.54) is 30.3 Å². The first-order valence-electron chi connectivity index (χ1n) is 9.08. The molecule has 3 rings (SSSR count). The third kappa shape index (κ3) is 5.15. The average molecular weight is 499 g/mol. The highest BCUT2D eigenvalue weighted by Gasteiger charge is 2.21. The van der Waals surface area contributed by atoms with Gasteiger partial charge in [-0.15, -0.1) is 0 Å². The van der Waals surface area contributed by atoms with Crippen LogP contribution in [0.25, 0.3) is 0 Å². The molecule has 2 N–H and O–H groups in total. The number of rotatable bonds is 6. The van der Waals surface area contributed by atoms with Crippen molar-refractivity contribution >= 4 is 54.6 Å². The predicted molar refractivity (Wildman–Crippen MR) is 125 cm³/mol. The van der Waals surface area contributed by atoms with Crippen LogP contribution >= 0.6 is 23.2 Å². The van der Waals surface area contributed by atoms with Gasteiger partial charge in [0.1, 0.15) is 0 Å². The van der Waals surface area contributed by atoms with Gasteiger partial charge < -0.3 is 0 Å². The van der Waals surface area contributed by atoms with Crippen LogP contribution in [0.3, 0.4) is 0 Å². The maximum atomic E-state index is 12.9. The van der Waals surface area contributed by atoms with Crippen LogP contribution in [-0.4, -0.2) is 16.8 Å². The number of hydrogen-bond donors (Lipinski definition) is 2. The van der Waals surface area contributed by atoms with Gasteiger partial charge in [0, 0.05) is 5.69 Å². The molecule has 0 saturated carbocycles. The minimum absolute atomic E-state index is 0.0609. The van der Waals surface area contributed by atoms with Gasteiger partial charge in [-0.1, -0.05) is 47.0 Å². The summed E-state index contributed by atoms with van der Waals surface area (Å²) in [5, 5.41) is 0.300. The number of hydrogen-bond acceptors (Lipinski definition) is 4. The van der Waals surface area contributed by atoms with Crippen LogP contribution in [0.2, 0.25) is 10.0 Å². The van der Waals surface area contributed by atoms with Crippen LogP contribution in [0.4, 0.5) is 11.4 Å². The Kier molecular flexibility index (Phi) is 6.57. The minimum atomic E-state index is -3.95. The number of anilines is 2. The zero-order valence-corrected chi connectivity index (χ0v) is 20.0. The lowest BCUT2D eigenvalue weighted by molar-refractivity contribution is 0.599. The van der Waals surface area contributed by atoms with E-state index in [0.717, 1.165) is 5.56 Å². The second-order valence-electron chi connectivity index (χ2n) is 7.06. The molecule has 0 amide bonds. The zero-order valence-electron chi connectivity index (χ0n) is 16.9. The van der Waals surface area contributed by atoms with Gasteiger partial charge in [0.15, 0.2) is 0 Å². The highest BCUT2D eigenvalue weighted by atomic mass is 35.5. The summed E-state index contributed by atoms with van der Waals surface area (Å²) in [6.07, 6.45) is 0. The van der Waals surface area contributed by atoms with Crippen molar-refractivity contribution in [1.82, 2.24) is 0 Å². The number of halogens is 2. The lowest BCUT2D eigenvalue weighted by Crippen LogP contribution is -2.16. The molecule has 3 aromatic carbocycles. The minimum Gasteiger partial charge on any atom is -0.280 e. The number of aryl methyl sites for hydroxylation is 3. The van der Waals surface area contributed by atoms with Gasteiger partial charge >= 0.3 is 0 Å². The normalized spacial score (nSPS) is 11.9. The van der Waals surface area contributed by atoms with E-state index in [1.807, 2.05) is 6.92 Å². The molecule has 0 heterocycles. The number of benzene rings is 3. The fraction of sp³-hybridized carbons (Fsp3) is 0.143. The molecule has 6 nitrogen and oxygen atoms in total. The van der Waals surface area contributed by atoms with E-state index in [9.17, 15) is 16.8 Å². The molecule has 0 bridgehead atoms. The summed E-state index contributed by atoms with van der Waals surface area (Å²) in [4.78, 5) is 0.140. The summed E-state index contributed by atoms with van der Waals surface area (Å²) in [7, 11) is -7.80. The molecule has 0 aliphatic rings. The van der Waals surface area contributed by atoms with Crippen molar-refractivity contribution in [3.8, 4) is 0 Å². The maximum absolute atomic E-state index is 12.9. The zero-order chi connectivity index (χ0) is 23.0. The summed E-state index contributed by atoms with van der Waals surface area (Å²) in [6.45, 7) is 5.36. The van der Waals surface area contributed by atoms with Crippen LogP contribution in [0.5, 0.6) is 0 Å². The molecule has 10 heteroatoms. The van der Waals surface area contributed by atoms with Crippen LogP contribution in [0, 0.1) is 20.8 Å². The molecule has 0 aliphatic heterocycles. The molecule has 0 unspecified atom stereocenters. The molecular formula is C21H20Cl2N2O4S2. The lowest BCUT2D eigenvalue weighted by atomic mass is 10.1. The van der Waals surface area contributed by atoms with Crippen molar-refractivity contribution in [3.63, 3.8) is 0 Å². The van der Waals surface area contributed by atoms with E-state index in [-0.39, 0.29) is 31.2 Å². The highest BCUT2D eigenvalue weighted by Crippen LogP contribution is 2.31. The number of sulfonamides is 2. The smallest absolute Gasteiger partial charge is 0.262 e. The highest BCUT2D eigenvalue weighted by molar-refractivity contribution is 7.93. The van der Waals surface area contributed by atoms with Gasteiger partial charge in [0.25, 0.3) is 20.0 Å². The molecule has 31 heavy (non-hydrogen) atoms. The van der Waals surface area contributed by atoms with E-state index in [0.29, 0.717) is 11.1 Å². The van der Waals surface area contributed by atoms with Crippen molar-refractivity contribution < 1.29 is 16.8 Å². The third-order valence-electron chi connectivity index (χ3n) is 4.49. The molecule has 3 aromatic rings. The van der Waals surface area contributed by atoms with Gasteiger partial charge in [-0.25, -0.2) is 16.8 Å². The number of nitrogens with one attached hydrogen (secondary N) is 2. The summed E-state index contributed by atoms with van der Waals surface area (Å²) in [5.41, 5.74) is 2.61. The second-order valence-corrected chi connectivity index (χ2v) is 11.2. The quantitative estimate of drug-likeness (QED) is 0.467. The van der Waals surface area contributed by atoms with Crippen LogP contribution in [0.15, 0.2) is 64.4 Å². The summed E-state index contributed by atoms with van der Waals surface area (Å²) >= 11 is 12.0. The van der Waals surface area contributed by atoms with Crippen molar-refractivity contribution in [3.05, 3.63) is 81.3 Å². The van der Waals surface area contributed by atoms with Crippen LogP contribution in [0.1, 0.15) is 16.7 Å². The van der Waals surface area contributed by atoms with Crippen molar-refractivity contribution in [2.75, 3.05) is 9.44 Å². The maximum Gasteiger partial charge on any atom is 0.262 e. The fourth-order valence-electron chi connectivity index (χ4n) is 3.29. The van der Waals surface area contributed by atoms with E-state index < -0.39 is 20.0 Å². The average Bonchev–Trinajstić information content (AvgIpc) is 2.64. The van der Waals surface area contributed by atoms with Crippen LogP contribution < -0.4 is 9.44 Å². The molecule has 0 radical (unpaired) electrons. The van der Waals surface area contributed by atoms with Gasteiger partial charge in [-0.2, -0.15) is 0 Å². The monoisotopic (exact) mass is 498 g/mol. The summed E-state index contributed by atoms with van der Waals surface area (Å²) in [6, 6.07) is 13.5. The van der Waals surface area contributed by atoms with Crippen LogP contribution in [-0.2, 0) is 20.0 Å². The summed E-state index contributed by atoms with van der Waals surface area (Å²) < 4.78 is 55.9. The topological polar surface area (TPSA) is 92.3 Å². The van der Waals surface area contributed by atoms with Crippen molar-refractivity contribution in [1.29, 1.82) is 0 Å². The Morgan fingerprint density at radius 3 is 1.90 bits per heavy atom. The lowest BCUT2D eigenvalue weighted by Gasteiger charge is -2.14. The van der Waals surface area contributed by atoms with E-state index in [4.69, 9.17) is 23.2 Å². The molecule has 0 aromatic heterocycles. The Bertz CT molecular complexity index is 1330. The summed E-state index contributed by atoms with van der Waals surface area (Å²) in [5.74, 6) is 0. The van der Waals surface area contributed by atoms with E-state index in [2.05, 4.69) is 9.44 Å². The molecule has 0 aliphatic carbocycles. The molecular weight excluding hydrogens is 479 g/mol. The molecule has 0 saturated heterocycles. The standard InChI is InChI=1S/C21H20Cl2N2O4S2/c1-13-11-14(2)21(15(3)12-13)31(28,29)24-16-7-9-17(10-8-16)30(26,27)25-19-6-4-5-18(22)20(19)23/h4-12,24-25H,1-3H3. The van der Waals surface area contributed by atoms with E-state index >= 15 is 0 Å². The van der Waals surface area contributed by atoms with Crippen molar-refractivity contribution in [2.24, 2.45) is 0 Å². The third-order valence-corrected chi connectivity index (χ3v) is 8.37. The Hall–Kier alpha value is -2.26. The first-order chi connectivity index (χ1) is 14.4. The largest absolute Gasteiger partial charge is 0.280 e. The van der Waals surface area contributed by atoms with Gasteiger partial charge in [-0.3, -0.25) is 9.44 Å². The Morgan fingerprint density at radius 2 is 1.32 bits per heavy atom. The molecule has 0 spiro atoms. The molecule has 0 fully saturated rings. The Labute approximate surface area is 192 Å². The molecule has 0 atom stereocenters. The van der Waals surface area contributed by atoms with E-state index in [1.54, 1.807) is 38.1 Å². The SMILES string of the molecule is Cc1cc(C)c(S(=O)(=O)Nc2ccc(S(=O)(=O)Nc3cccc(Cl)c3Cl)cc2)c(C)c1. The van der Waals surface area contributed by atoms with Crippen molar-refractivity contribution in [2.45, 2.75) is 30.6 Å². The van der Waals surface area contributed by atoms with Gasteiger partial charge in [0.2, 0.25) is 0 Å². The predicted octanol–water partition coefficient (Wildman–Crippen LogP) is 5.52. The Balaban J connectivity index is 1.85.